The standard InChI is InChI=1S/C22H20O4/c1-2-3-15-25-20(23)14-13-18-21(24)17-11-7-8-12-19(17)26-22(18)16-9-5-4-6-10-16/h4-14H,2-3,15H2,1H3/b14-13+. The van der Waals surface area contributed by atoms with E-state index < -0.39 is 5.97 Å². The van der Waals surface area contributed by atoms with E-state index >= 15 is 0 Å². The molecule has 0 saturated heterocycles. The second-order valence-electron chi connectivity index (χ2n) is 5.89. The number of rotatable bonds is 6. The minimum Gasteiger partial charge on any atom is -0.463 e. The van der Waals surface area contributed by atoms with Gasteiger partial charge in [-0.2, -0.15) is 0 Å². The monoisotopic (exact) mass is 348 g/mol. The van der Waals surface area contributed by atoms with Crippen LogP contribution in [-0.2, 0) is 9.53 Å². The van der Waals surface area contributed by atoms with Gasteiger partial charge in [0.2, 0.25) is 5.43 Å². The van der Waals surface area contributed by atoms with Crippen LogP contribution in [0.1, 0.15) is 25.3 Å². The molecule has 0 unspecified atom stereocenters. The first-order valence-corrected chi connectivity index (χ1v) is 8.67. The van der Waals surface area contributed by atoms with Gasteiger partial charge in [-0.1, -0.05) is 55.8 Å². The zero-order chi connectivity index (χ0) is 18.4. The van der Waals surface area contributed by atoms with Crippen molar-refractivity contribution in [2.75, 3.05) is 6.61 Å². The van der Waals surface area contributed by atoms with Crippen LogP contribution in [-0.4, -0.2) is 12.6 Å². The van der Waals surface area contributed by atoms with E-state index in [4.69, 9.17) is 9.15 Å². The first-order valence-electron chi connectivity index (χ1n) is 8.67. The molecule has 2 aromatic carbocycles. The van der Waals surface area contributed by atoms with Gasteiger partial charge in [0, 0.05) is 11.6 Å². The van der Waals surface area contributed by atoms with E-state index in [9.17, 15) is 9.59 Å². The highest BCUT2D eigenvalue weighted by Crippen LogP contribution is 2.26. The maximum Gasteiger partial charge on any atom is 0.330 e. The number of benzene rings is 2. The molecular weight excluding hydrogens is 328 g/mol. The Morgan fingerprint density at radius 2 is 1.81 bits per heavy atom. The molecule has 0 aliphatic rings. The smallest absolute Gasteiger partial charge is 0.330 e. The minimum absolute atomic E-state index is 0.177. The molecular formula is C22H20O4. The molecule has 3 rings (SSSR count). The SMILES string of the molecule is CCCCOC(=O)/C=C/c1c(-c2ccccc2)oc2ccccc2c1=O. The van der Waals surface area contributed by atoms with Crippen molar-refractivity contribution >= 4 is 23.0 Å². The van der Waals surface area contributed by atoms with Crippen molar-refractivity contribution < 1.29 is 13.9 Å². The van der Waals surface area contributed by atoms with Crippen LogP contribution < -0.4 is 5.43 Å². The first kappa shape index (κ1) is 17.7. The first-order chi connectivity index (χ1) is 12.7. The molecule has 1 heterocycles. The lowest BCUT2D eigenvalue weighted by Crippen LogP contribution is -2.08. The lowest BCUT2D eigenvalue weighted by molar-refractivity contribution is -0.137. The van der Waals surface area contributed by atoms with E-state index in [-0.39, 0.29) is 5.43 Å². The van der Waals surface area contributed by atoms with Crippen molar-refractivity contribution in [2.45, 2.75) is 19.8 Å². The topological polar surface area (TPSA) is 56.5 Å². The molecule has 0 bridgehead atoms. The Labute approximate surface area is 151 Å². The third kappa shape index (κ3) is 3.91. The van der Waals surface area contributed by atoms with E-state index in [0.29, 0.717) is 28.9 Å². The summed E-state index contributed by atoms with van der Waals surface area (Å²) in [6.07, 6.45) is 4.52. The van der Waals surface area contributed by atoms with E-state index in [1.165, 1.54) is 12.2 Å². The van der Waals surface area contributed by atoms with Gasteiger partial charge in [-0.3, -0.25) is 4.79 Å². The predicted octanol–water partition coefficient (Wildman–Crippen LogP) is 4.82. The van der Waals surface area contributed by atoms with Crippen molar-refractivity contribution in [3.05, 3.63) is 76.5 Å². The van der Waals surface area contributed by atoms with Crippen LogP contribution in [0.15, 0.2) is 69.9 Å². The molecule has 26 heavy (non-hydrogen) atoms. The minimum atomic E-state index is -0.468. The Morgan fingerprint density at radius 1 is 1.08 bits per heavy atom. The van der Waals surface area contributed by atoms with Crippen molar-refractivity contribution in [1.29, 1.82) is 0 Å². The van der Waals surface area contributed by atoms with Crippen LogP contribution >= 0.6 is 0 Å². The van der Waals surface area contributed by atoms with E-state index in [1.54, 1.807) is 18.2 Å². The van der Waals surface area contributed by atoms with Gasteiger partial charge in [0.15, 0.2) is 0 Å². The Kier molecular flexibility index (Phi) is 5.64. The highest BCUT2D eigenvalue weighted by molar-refractivity contribution is 5.90. The van der Waals surface area contributed by atoms with Crippen molar-refractivity contribution in [2.24, 2.45) is 0 Å². The zero-order valence-electron chi connectivity index (χ0n) is 14.6. The summed E-state index contributed by atoms with van der Waals surface area (Å²) in [5.41, 5.74) is 1.44. The van der Waals surface area contributed by atoms with Crippen LogP contribution in [0.2, 0.25) is 0 Å². The van der Waals surface area contributed by atoms with Gasteiger partial charge in [0.05, 0.1) is 17.6 Å². The number of unbranched alkanes of at least 4 members (excludes halogenated alkanes) is 1. The summed E-state index contributed by atoms with van der Waals surface area (Å²) < 4.78 is 11.1. The largest absolute Gasteiger partial charge is 0.463 e. The number of carbonyl (C=O) groups excluding carboxylic acids is 1. The quantitative estimate of drug-likeness (QED) is 0.364. The van der Waals surface area contributed by atoms with Crippen molar-refractivity contribution in [3.63, 3.8) is 0 Å². The van der Waals surface area contributed by atoms with Crippen LogP contribution in [0.5, 0.6) is 0 Å². The number of esters is 1. The number of hydrogen-bond donors (Lipinski definition) is 0. The zero-order valence-corrected chi connectivity index (χ0v) is 14.6. The van der Waals surface area contributed by atoms with Crippen LogP contribution in [0.25, 0.3) is 28.4 Å². The van der Waals surface area contributed by atoms with Crippen molar-refractivity contribution in [1.82, 2.24) is 0 Å². The molecule has 0 N–H and O–H groups in total. The van der Waals surface area contributed by atoms with Crippen LogP contribution in [0.4, 0.5) is 0 Å². The van der Waals surface area contributed by atoms with Crippen LogP contribution in [0, 0.1) is 0 Å². The van der Waals surface area contributed by atoms with Gasteiger partial charge in [-0.25, -0.2) is 4.79 Å². The average Bonchev–Trinajstić information content (AvgIpc) is 2.68. The average molecular weight is 348 g/mol. The molecule has 0 spiro atoms. The van der Waals surface area contributed by atoms with Gasteiger partial charge < -0.3 is 9.15 Å². The lowest BCUT2D eigenvalue weighted by atomic mass is 10.0. The van der Waals surface area contributed by atoms with E-state index in [0.717, 1.165) is 18.4 Å². The predicted molar refractivity (Wildman–Crippen MR) is 103 cm³/mol. The molecule has 4 heteroatoms. The Morgan fingerprint density at radius 3 is 2.58 bits per heavy atom. The van der Waals surface area contributed by atoms with Crippen molar-refractivity contribution in [3.8, 4) is 11.3 Å². The molecule has 3 aromatic rings. The summed E-state index contributed by atoms with van der Waals surface area (Å²) >= 11 is 0. The third-order valence-electron chi connectivity index (χ3n) is 4.00. The van der Waals surface area contributed by atoms with Gasteiger partial charge in [-0.05, 0) is 24.6 Å². The van der Waals surface area contributed by atoms with E-state index in [1.807, 2.05) is 43.3 Å². The highest BCUT2D eigenvalue weighted by Gasteiger charge is 2.14. The molecule has 0 aliphatic carbocycles. The van der Waals surface area contributed by atoms with E-state index in [2.05, 4.69) is 0 Å². The molecule has 0 atom stereocenters. The Bertz CT molecular complexity index is 984. The molecule has 0 amide bonds. The number of ether oxygens (including phenoxy) is 1. The summed E-state index contributed by atoms with van der Waals surface area (Å²) in [5, 5.41) is 0.478. The number of para-hydroxylation sites is 1. The summed E-state index contributed by atoms with van der Waals surface area (Å²) in [5.74, 6) is -0.0306. The lowest BCUT2D eigenvalue weighted by Gasteiger charge is -2.07. The Hall–Kier alpha value is -3.14. The molecule has 132 valence electrons. The Balaban J connectivity index is 2.06. The molecule has 0 radical (unpaired) electrons. The molecule has 0 saturated carbocycles. The second kappa shape index (κ2) is 8.30. The van der Waals surface area contributed by atoms with Crippen LogP contribution in [0.3, 0.4) is 0 Å². The third-order valence-corrected chi connectivity index (χ3v) is 4.00. The summed E-state index contributed by atoms with van der Waals surface area (Å²) in [7, 11) is 0. The number of carbonyl (C=O) groups is 1. The normalized spacial score (nSPS) is 11.1. The van der Waals surface area contributed by atoms with Gasteiger partial charge >= 0.3 is 5.97 Å². The molecule has 1 aromatic heterocycles. The summed E-state index contributed by atoms with van der Waals surface area (Å²) in [6.45, 7) is 2.40. The van der Waals surface area contributed by atoms with Gasteiger partial charge in [0.1, 0.15) is 11.3 Å². The number of hydrogen-bond acceptors (Lipinski definition) is 4. The maximum atomic E-state index is 12.9. The second-order valence-corrected chi connectivity index (χ2v) is 5.89. The molecule has 4 nitrogen and oxygen atoms in total. The summed E-state index contributed by atoms with van der Waals surface area (Å²) in [6, 6.07) is 16.4. The fourth-order valence-corrected chi connectivity index (χ4v) is 2.63. The number of fused-ring (bicyclic) bond motifs is 1. The fourth-order valence-electron chi connectivity index (χ4n) is 2.63. The maximum absolute atomic E-state index is 12.9. The molecule has 0 fully saturated rings. The molecule has 0 aliphatic heterocycles. The fraction of sp³-hybridized carbons (Fsp3) is 0.182. The van der Waals surface area contributed by atoms with Gasteiger partial charge in [0.25, 0.3) is 0 Å². The summed E-state index contributed by atoms with van der Waals surface area (Å²) in [4.78, 5) is 24.8. The highest BCUT2D eigenvalue weighted by atomic mass is 16.5. The van der Waals surface area contributed by atoms with Gasteiger partial charge in [-0.15, -0.1) is 0 Å².